The Morgan fingerprint density at radius 1 is 1.00 bits per heavy atom. The first-order chi connectivity index (χ1) is 21.5. The topological polar surface area (TPSA) is 68.2 Å². The summed E-state index contributed by atoms with van der Waals surface area (Å²) in [5, 5.41) is 12.5. The van der Waals surface area contributed by atoms with Crippen molar-refractivity contribution in [3.63, 3.8) is 0 Å². The van der Waals surface area contributed by atoms with E-state index in [1.54, 1.807) is 0 Å². The van der Waals surface area contributed by atoms with Crippen LogP contribution in [0.5, 0.6) is 0 Å². The van der Waals surface area contributed by atoms with Crippen LogP contribution in [0.2, 0.25) is 0 Å². The first kappa shape index (κ1) is 32.2. The summed E-state index contributed by atoms with van der Waals surface area (Å²) < 4.78 is 18.0. The standard InChI is InChI=1S/C38H59NO5/c1-3-4-5-6-7-8-9-10-11-12-13-14-15-16-25-42-36(40)43-31-20-19-30-26-32-38(41)22-21-28(2)35-37(38,33(30)34(31)44-35)23-24-39(32)27-29-17-18-29/h19-20,29-30,32-33,35,41H,2-18,21-27H2,1H3/t30?,32?,33?,35-,37-,38+/m0/s1. The zero-order valence-corrected chi connectivity index (χ0v) is 27.5. The molecule has 5 fully saturated rings. The lowest BCUT2D eigenvalue weighted by atomic mass is 9.44. The Kier molecular flexibility index (Phi) is 10.5. The van der Waals surface area contributed by atoms with E-state index in [1.807, 2.05) is 6.08 Å². The summed E-state index contributed by atoms with van der Waals surface area (Å²) in [5.41, 5.74) is -0.131. The number of carbonyl (C=O) groups excluding carboxylic acids is 1. The van der Waals surface area contributed by atoms with Gasteiger partial charge in [0.05, 0.1) is 17.6 Å². The van der Waals surface area contributed by atoms with Crippen LogP contribution in [0, 0.1) is 23.2 Å². The number of aliphatic hydroxyl groups is 1. The van der Waals surface area contributed by atoms with Gasteiger partial charge in [0.15, 0.2) is 5.76 Å². The van der Waals surface area contributed by atoms with Crippen LogP contribution >= 0.6 is 0 Å². The van der Waals surface area contributed by atoms with Crippen molar-refractivity contribution in [2.24, 2.45) is 23.2 Å². The molecular formula is C38H59NO5. The molecule has 2 heterocycles. The first-order valence-corrected chi connectivity index (χ1v) is 18.6. The summed E-state index contributed by atoms with van der Waals surface area (Å²) in [6, 6.07) is 0.152. The molecule has 0 aromatic rings. The van der Waals surface area contributed by atoms with E-state index in [0.29, 0.717) is 12.4 Å². The Hall–Kier alpha value is -1.79. The molecule has 6 rings (SSSR count). The van der Waals surface area contributed by atoms with Gasteiger partial charge in [-0.15, -0.1) is 0 Å². The molecule has 44 heavy (non-hydrogen) atoms. The molecule has 2 bridgehead atoms. The van der Waals surface area contributed by atoms with Crippen molar-refractivity contribution >= 4 is 6.16 Å². The zero-order chi connectivity index (χ0) is 30.6. The highest BCUT2D eigenvalue weighted by molar-refractivity contribution is 5.62. The third-order valence-corrected chi connectivity index (χ3v) is 12.1. The van der Waals surface area contributed by atoms with Crippen LogP contribution in [0.25, 0.3) is 0 Å². The molecule has 3 unspecified atom stereocenters. The molecule has 6 nitrogen and oxygen atoms in total. The first-order valence-electron chi connectivity index (χ1n) is 18.6. The number of allylic oxidation sites excluding steroid dienone is 3. The van der Waals surface area contributed by atoms with Crippen molar-refractivity contribution in [2.45, 2.75) is 153 Å². The van der Waals surface area contributed by atoms with Gasteiger partial charge in [-0.25, -0.2) is 4.79 Å². The van der Waals surface area contributed by atoms with Crippen LogP contribution < -0.4 is 0 Å². The van der Waals surface area contributed by atoms with Gasteiger partial charge in [-0.2, -0.15) is 0 Å². The second kappa shape index (κ2) is 14.3. The predicted molar refractivity (Wildman–Crippen MR) is 174 cm³/mol. The molecule has 0 amide bonds. The van der Waals surface area contributed by atoms with Gasteiger partial charge in [-0.3, -0.25) is 4.90 Å². The van der Waals surface area contributed by atoms with Crippen LogP contribution in [0.3, 0.4) is 0 Å². The average Bonchev–Trinajstić information content (AvgIpc) is 3.76. The number of nitrogens with zero attached hydrogens (tertiary/aromatic N) is 1. The van der Waals surface area contributed by atoms with Crippen molar-refractivity contribution in [1.29, 1.82) is 0 Å². The third kappa shape index (κ3) is 6.41. The number of unbranched alkanes of at least 4 members (excludes halogenated alkanes) is 13. The molecule has 246 valence electrons. The summed E-state index contributed by atoms with van der Waals surface area (Å²) in [4.78, 5) is 15.4. The van der Waals surface area contributed by atoms with Crippen molar-refractivity contribution in [3.05, 3.63) is 35.8 Å². The van der Waals surface area contributed by atoms with Gasteiger partial charge >= 0.3 is 6.16 Å². The summed E-state index contributed by atoms with van der Waals surface area (Å²) >= 11 is 0. The predicted octanol–water partition coefficient (Wildman–Crippen LogP) is 8.99. The number of ether oxygens (including phenoxy) is 3. The molecule has 6 heteroatoms. The average molecular weight is 610 g/mol. The molecule has 4 aliphatic carbocycles. The van der Waals surface area contributed by atoms with Crippen LogP contribution in [-0.4, -0.2) is 53.6 Å². The van der Waals surface area contributed by atoms with Gasteiger partial charge in [-0.05, 0) is 75.0 Å². The monoisotopic (exact) mass is 609 g/mol. The number of piperidine rings is 1. The van der Waals surface area contributed by atoms with Crippen molar-refractivity contribution in [3.8, 4) is 0 Å². The fourth-order valence-electron chi connectivity index (χ4n) is 9.64. The van der Waals surface area contributed by atoms with Crippen molar-refractivity contribution in [2.75, 3.05) is 19.7 Å². The van der Waals surface area contributed by atoms with Crippen LogP contribution in [0.1, 0.15) is 135 Å². The van der Waals surface area contributed by atoms with Gasteiger partial charge in [0.2, 0.25) is 0 Å². The van der Waals surface area contributed by atoms with Crippen LogP contribution in [-0.2, 0) is 14.2 Å². The molecule has 6 aliphatic rings. The molecule has 1 N–H and O–H groups in total. The lowest BCUT2D eigenvalue weighted by Crippen LogP contribution is -2.75. The Morgan fingerprint density at radius 2 is 1.66 bits per heavy atom. The highest BCUT2D eigenvalue weighted by Gasteiger charge is 2.76. The molecular weight excluding hydrogens is 550 g/mol. The Bertz CT molecular complexity index is 1080. The molecule has 0 aromatic carbocycles. The van der Waals surface area contributed by atoms with Crippen LogP contribution in [0.4, 0.5) is 4.79 Å². The molecule has 6 atom stereocenters. The van der Waals surface area contributed by atoms with E-state index in [4.69, 9.17) is 14.2 Å². The van der Waals surface area contributed by atoms with Crippen molar-refractivity contribution in [1.82, 2.24) is 4.90 Å². The SMILES string of the molecule is C=C1CC[C@@]2(O)C3CC4C=CC(OC(=O)OCCCCCCCCCCCCCCCC)=C5O[C@@H]1[C@]2(CCN3CC1CC1)C54. The normalized spacial score (nSPS) is 33.7. The number of carbonyl (C=O) groups is 1. The van der Waals surface area contributed by atoms with Crippen molar-refractivity contribution < 1.29 is 24.1 Å². The van der Waals surface area contributed by atoms with E-state index < -0.39 is 17.2 Å². The molecule has 0 radical (unpaired) electrons. The van der Waals surface area contributed by atoms with Gasteiger partial charge < -0.3 is 19.3 Å². The van der Waals surface area contributed by atoms with E-state index in [0.717, 1.165) is 68.9 Å². The summed E-state index contributed by atoms with van der Waals surface area (Å²) in [6.07, 6.45) is 27.4. The number of likely N-dealkylation sites (tertiary alicyclic amines) is 1. The van der Waals surface area contributed by atoms with E-state index in [-0.39, 0.29) is 24.0 Å². The highest BCUT2D eigenvalue weighted by Crippen LogP contribution is 2.70. The minimum Gasteiger partial charge on any atom is -0.485 e. The van der Waals surface area contributed by atoms with E-state index in [2.05, 4.69) is 24.5 Å². The number of rotatable bonds is 18. The maximum atomic E-state index is 12.8. The summed E-state index contributed by atoms with van der Waals surface area (Å²) in [5.74, 6) is 2.30. The fraction of sp³-hybridized carbons (Fsp3) is 0.816. The van der Waals surface area contributed by atoms with Crippen LogP contribution in [0.15, 0.2) is 35.8 Å². The quantitative estimate of drug-likeness (QED) is 0.0950. The van der Waals surface area contributed by atoms with E-state index >= 15 is 0 Å². The lowest BCUT2D eigenvalue weighted by molar-refractivity contribution is -0.240. The maximum Gasteiger partial charge on any atom is 0.513 e. The molecule has 2 aliphatic heterocycles. The smallest absolute Gasteiger partial charge is 0.485 e. The van der Waals surface area contributed by atoms with Gasteiger partial charge in [0.25, 0.3) is 0 Å². The zero-order valence-electron chi connectivity index (χ0n) is 27.5. The Balaban J connectivity index is 0.942. The molecule has 3 saturated carbocycles. The number of hydrogen-bond acceptors (Lipinski definition) is 6. The summed E-state index contributed by atoms with van der Waals surface area (Å²) in [6.45, 7) is 9.18. The van der Waals surface area contributed by atoms with E-state index in [1.165, 1.54) is 89.9 Å². The highest BCUT2D eigenvalue weighted by atomic mass is 16.7. The molecule has 1 spiro atoms. The lowest BCUT2D eigenvalue weighted by Gasteiger charge is -2.66. The molecule has 0 aromatic heterocycles. The third-order valence-electron chi connectivity index (χ3n) is 12.1. The Labute approximate surface area is 266 Å². The maximum absolute atomic E-state index is 12.8. The second-order valence-corrected chi connectivity index (χ2v) is 15.1. The fourth-order valence-corrected chi connectivity index (χ4v) is 9.64. The summed E-state index contributed by atoms with van der Waals surface area (Å²) in [7, 11) is 0. The van der Waals surface area contributed by atoms with Gasteiger partial charge in [0, 0.05) is 18.5 Å². The largest absolute Gasteiger partial charge is 0.513 e. The van der Waals surface area contributed by atoms with Gasteiger partial charge in [-0.1, -0.05) is 103 Å². The van der Waals surface area contributed by atoms with E-state index in [9.17, 15) is 9.90 Å². The molecule has 2 saturated heterocycles. The second-order valence-electron chi connectivity index (χ2n) is 15.1. The minimum absolute atomic E-state index is 0.0208. The minimum atomic E-state index is -0.806. The van der Waals surface area contributed by atoms with Gasteiger partial charge in [0.1, 0.15) is 11.9 Å². The Morgan fingerprint density at radius 3 is 2.32 bits per heavy atom. The number of hydrogen-bond donors (Lipinski definition) is 1.